The standard InChI is InChI=1S/C15H19N5O3/c1-9-7-20(13(21)6-11-4-5-16-18-11)8-12(22-9)15-17-14(19-23-15)10-2-3-10/h4-5,9-10,12H,2-3,6-8H2,1H3,(H,16,18)/t9-,12-/m1/s1. The van der Waals surface area contributed by atoms with E-state index in [1.54, 1.807) is 17.2 Å². The number of ether oxygens (including phenoxy) is 1. The molecule has 2 aliphatic rings. The van der Waals surface area contributed by atoms with Crippen molar-refractivity contribution >= 4 is 5.91 Å². The molecule has 3 heterocycles. The molecular formula is C15H19N5O3. The van der Waals surface area contributed by atoms with Crippen molar-refractivity contribution in [2.24, 2.45) is 0 Å². The minimum absolute atomic E-state index is 0.0383. The smallest absolute Gasteiger partial charge is 0.257 e. The van der Waals surface area contributed by atoms with Gasteiger partial charge >= 0.3 is 0 Å². The molecule has 1 saturated heterocycles. The number of carbonyl (C=O) groups is 1. The van der Waals surface area contributed by atoms with Crippen LogP contribution in [0.4, 0.5) is 0 Å². The van der Waals surface area contributed by atoms with Gasteiger partial charge in [0.05, 0.1) is 19.1 Å². The summed E-state index contributed by atoms with van der Waals surface area (Å²) in [5.41, 5.74) is 0.805. The van der Waals surface area contributed by atoms with Gasteiger partial charge in [0.1, 0.15) is 0 Å². The molecule has 23 heavy (non-hydrogen) atoms. The molecule has 1 N–H and O–H groups in total. The molecule has 8 heteroatoms. The molecule has 1 aliphatic heterocycles. The fourth-order valence-corrected chi connectivity index (χ4v) is 2.83. The molecule has 0 spiro atoms. The molecular weight excluding hydrogens is 298 g/mol. The van der Waals surface area contributed by atoms with E-state index in [0.717, 1.165) is 24.4 Å². The molecule has 0 bridgehead atoms. The topological polar surface area (TPSA) is 97.1 Å². The van der Waals surface area contributed by atoms with Crippen LogP contribution in [0.3, 0.4) is 0 Å². The summed E-state index contributed by atoms with van der Waals surface area (Å²) in [5, 5.41) is 10.7. The van der Waals surface area contributed by atoms with Gasteiger partial charge in [-0.2, -0.15) is 10.1 Å². The van der Waals surface area contributed by atoms with Gasteiger partial charge in [-0.25, -0.2) is 0 Å². The summed E-state index contributed by atoms with van der Waals surface area (Å²) in [5.74, 6) is 1.71. The van der Waals surface area contributed by atoms with Crippen LogP contribution in [0.25, 0.3) is 0 Å². The number of carbonyl (C=O) groups excluding carboxylic acids is 1. The lowest BCUT2D eigenvalue weighted by atomic mass is 10.2. The summed E-state index contributed by atoms with van der Waals surface area (Å²) in [7, 11) is 0. The monoisotopic (exact) mass is 317 g/mol. The number of hydrogen-bond acceptors (Lipinski definition) is 6. The molecule has 8 nitrogen and oxygen atoms in total. The molecule has 122 valence electrons. The Bertz CT molecular complexity index is 679. The number of aromatic amines is 1. The molecule has 0 radical (unpaired) electrons. The molecule has 4 rings (SSSR count). The van der Waals surface area contributed by atoms with E-state index in [0.29, 0.717) is 31.3 Å². The number of nitrogens with one attached hydrogen (secondary N) is 1. The molecule has 1 aliphatic carbocycles. The fourth-order valence-electron chi connectivity index (χ4n) is 2.83. The van der Waals surface area contributed by atoms with Crippen LogP contribution < -0.4 is 0 Å². The zero-order chi connectivity index (χ0) is 15.8. The van der Waals surface area contributed by atoms with Gasteiger partial charge in [0.15, 0.2) is 11.9 Å². The minimum atomic E-state index is -0.357. The lowest BCUT2D eigenvalue weighted by molar-refractivity contribution is -0.146. The number of hydrogen-bond donors (Lipinski definition) is 1. The number of amides is 1. The highest BCUT2D eigenvalue weighted by atomic mass is 16.5. The SMILES string of the molecule is C[C@@H]1CN(C(=O)Cc2ccn[nH]2)C[C@H](c2nc(C3CC3)no2)O1. The minimum Gasteiger partial charge on any atom is -0.362 e. The summed E-state index contributed by atoms with van der Waals surface area (Å²) >= 11 is 0. The summed E-state index contributed by atoms with van der Waals surface area (Å²) < 4.78 is 11.2. The average molecular weight is 317 g/mol. The van der Waals surface area contributed by atoms with Crippen molar-refractivity contribution in [3.8, 4) is 0 Å². The second-order valence-corrected chi connectivity index (χ2v) is 6.26. The Hall–Kier alpha value is -2.22. The van der Waals surface area contributed by atoms with Crippen LogP contribution in [0.5, 0.6) is 0 Å². The van der Waals surface area contributed by atoms with Crippen LogP contribution in [0.2, 0.25) is 0 Å². The fraction of sp³-hybridized carbons (Fsp3) is 0.600. The quantitative estimate of drug-likeness (QED) is 0.910. The first-order valence-corrected chi connectivity index (χ1v) is 7.94. The van der Waals surface area contributed by atoms with Gasteiger partial charge in [0.25, 0.3) is 5.89 Å². The van der Waals surface area contributed by atoms with Gasteiger partial charge in [-0.05, 0) is 25.8 Å². The number of H-pyrrole nitrogens is 1. The van der Waals surface area contributed by atoms with Gasteiger partial charge in [-0.3, -0.25) is 9.89 Å². The van der Waals surface area contributed by atoms with E-state index in [1.807, 2.05) is 6.92 Å². The van der Waals surface area contributed by atoms with Gasteiger partial charge < -0.3 is 14.2 Å². The number of morpholine rings is 1. The Labute approximate surface area is 133 Å². The highest BCUT2D eigenvalue weighted by Gasteiger charge is 2.35. The number of rotatable bonds is 4. The van der Waals surface area contributed by atoms with Crippen molar-refractivity contribution in [1.82, 2.24) is 25.2 Å². The Morgan fingerprint density at radius 1 is 1.43 bits per heavy atom. The van der Waals surface area contributed by atoms with Crippen LogP contribution in [0.15, 0.2) is 16.8 Å². The first-order chi connectivity index (χ1) is 11.2. The highest BCUT2D eigenvalue weighted by Crippen LogP contribution is 2.38. The predicted octanol–water partition coefficient (Wildman–Crippen LogP) is 1.20. The maximum atomic E-state index is 12.5. The molecule has 2 atom stereocenters. The van der Waals surface area contributed by atoms with Gasteiger partial charge in [-0.15, -0.1) is 0 Å². The van der Waals surface area contributed by atoms with E-state index < -0.39 is 0 Å². The molecule has 2 aromatic heterocycles. The van der Waals surface area contributed by atoms with Crippen molar-refractivity contribution in [3.05, 3.63) is 29.7 Å². The first kappa shape index (κ1) is 14.4. The second kappa shape index (κ2) is 5.77. The lowest BCUT2D eigenvalue weighted by Crippen LogP contribution is -2.46. The summed E-state index contributed by atoms with van der Waals surface area (Å²) in [6, 6.07) is 1.80. The summed E-state index contributed by atoms with van der Waals surface area (Å²) in [6.07, 6.45) is 3.76. The lowest BCUT2D eigenvalue weighted by Gasteiger charge is -2.35. The number of nitrogens with zero attached hydrogens (tertiary/aromatic N) is 4. The van der Waals surface area contributed by atoms with Crippen molar-refractivity contribution in [3.63, 3.8) is 0 Å². The third-order valence-corrected chi connectivity index (χ3v) is 4.19. The zero-order valence-electron chi connectivity index (χ0n) is 12.9. The highest BCUT2D eigenvalue weighted by molar-refractivity contribution is 5.78. The van der Waals surface area contributed by atoms with E-state index in [9.17, 15) is 4.79 Å². The molecule has 1 saturated carbocycles. The molecule has 0 aromatic carbocycles. The summed E-state index contributed by atoms with van der Waals surface area (Å²) in [4.78, 5) is 18.7. The van der Waals surface area contributed by atoms with Crippen molar-refractivity contribution in [1.29, 1.82) is 0 Å². The van der Waals surface area contributed by atoms with Crippen LogP contribution >= 0.6 is 0 Å². The third kappa shape index (κ3) is 3.12. The molecule has 2 aromatic rings. The molecule has 1 amide bonds. The third-order valence-electron chi connectivity index (χ3n) is 4.19. The van der Waals surface area contributed by atoms with Gasteiger partial charge in [0.2, 0.25) is 5.91 Å². The Morgan fingerprint density at radius 3 is 3.04 bits per heavy atom. The Morgan fingerprint density at radius 2 is 2.30 bits per heavy atom. The van der Waals surface area contributed by atoms with E-state index in [4.69, 9.17) is 9.26 Å². The van der Waals surface area contributed by atoms with E-state index in [-0.39, 0.29) is 18.1 Å². The summed E-state index contributed by atoms with van der Waals surface area (Å²) in [6.45, 7) is 2.94. The normalized spacial score (nSPS) is 24.8. The van der Waals surface area contributed by atoms with Crippen LogP contribution in [-0.2, 0) is 16.0 Å². The predicted molar refractivity (Wildman–Crippen MR) is 78.4 cm³/mol. The van der Waals surface area contributed by atoms with E-state index in [1.165, 1.54) is 0 Å². The van der Waals surface area contributed by atoms with E-state index in [2.05, 4.69) is 20.3 Å². The van der Waals surface area contributed by atoms with Gasteiger partial charge in [-0.1, -0.05) is 5.16 Å². The average Bonchev–Trinajstić information content (AvgIpc) is 3.06. The van der Waals surface area contributed by atoms with Crippen molar-refractivity contribution in [2.45, 2.75) is 44.3 Å². The van der Waals surface area contributed by atoms with Gasteiger partial charge in [0, 0.05) is 24.4 Å². The first-order valence-electron chi connectivity index (χ1n) is 7.94. The molecule has 2 fully saturated rings. The second-order valence-electron chi connectivity index (χ2n) is 6.26. The van der Waals surface area contributed by atoms with Crippen molar-refractivity contribution < 1.29 is 14.1 Å². The van der Waals surface area contributed by atoms with Crippen molar-refractivity contribution in [2.75, 3.05) is 13.1 Å². The zero-order valence-corrected chi connectivity index (χ0v) is 12.9. The number of aromatic nitrogens is 4. The van der Waals surface area contributed by atoms with Crippen LogP contribution in [-0.4, -0.2) is 50.3 Å². The molecule has 0 unspecified atom stereocenters. The largest absolute Gasteiger partial charge is 0.362 e. The Kier molecular flexibility index (Phi) is 3.60. The maximum Gasteiger partial charge on any atom is 0.257 e. The maximum absolute atomic E-state index is 12.5. The van der Waals surface area contributed by atoms with Crippen LogP contribution in [0, 0.1) is 0 Å². The van der Waals surface area contributed by atoms with Crippen LogP contribution in [0.1, 0.15) is 49.2 Å². The Balaban J connectivity index is 1.45. The van der Waals surface area contributed by atoms with E-state index >= 15 is 0 Å².